The summed E-state index contributed by atoms with van der Waals surface area (Å²) in [5, 5.41) is 4.51. The Morgan fingerprint density at radius 2 is 1.81 bits per heavy atom. The standard InChI is InChI=1S/C21H24N4O/c22-11-13-1-3-14(4-2-13)16-9-17-19(15-5-7-24-8-6-15)12-25-20(17)18(10-16)21(23)26/h1-4,9-10,12,15,24-25H,5-8,11,22H2,(H2,23,26). The first kappa shape index (κ1) is 16.8. The topological polar surface area (TPSA) is 96.9 Å². The van der Waals surface area contributed by atoms with Gasteiger partial charge in [0.05, 0.1) is 11.1 Å². The molecule has 0 aliphatic carbocycles. The van der Waals surface area contributed by atoms with Crippen molar-refractivity contribution < 1.29 is 4.79 Å². The third-order valence-electron chi connectivity index (χ3n) is 5.39. The minimum atomic E-state index is -0.408. The lowest BCUT2D eigenvalue weighted by molar-refractivity contribution is 0.100. The zero-order valence-electron chi connectivity index (χ0n) is 14.7. The van der Waals surface area contributed by atoms with Crippen LogP contribution in [0.5, 0.6) is 0 Å². The van der Waals surface area contributed by atoms with Crippen LogP contribution in [0.4, 0.5) is 0 Å². The van der Waals surface area contributed by atoms with E-state index in [1.807, 2.05) is 36.5 Å². The van der Waals surface area contributed by atoms with Crippen molar-refractivity contribution in [2.75, 3.05) is 13.1 Å². The third kappa shape index (κ3) is 3.00. The number of H-pyrrole nitrogens is 1. The highest BCUT2D eigenvalue weighted by atomic mass is 16.1. The fourth-order valence-corrected chi connectivity index (χ4v) is 3.92. The second kappa shape index (κ2) is 6.94. The summed E-state index contributed by atoms with van der Waals surface area (Å²) in [5.41, 5.74) is 17.2. The highest BCUT2D eigenvalue weighted by Gasteiger charge is 2.21. The molecule has 5 nitrogen and oxygen atoms in total. The number of benzene rings is 2. The second-order valence-corrected chi connectivity index (χ2v) is 6.98. The average Bonchev–Trinajstić information content (AvgIpc) is 3.12. The fourth-order valence-electron chi connectivity index (χ4n) is 3.92. The number of amides is 1. The minimum absolute atomic E-state index is 0.408. The number of carbonyl (C=O) groups is 1. The molecule has 0 bridgehead atoms. The van der Waals surface area contributed by atoms with E-state index in [1.54, 1.807) is 0 Å². The van der Waals surface area contributed by atoms with Crippen LogP contribution in [0.15, 0.2) is 42.6 Å². The quantitative estimate of drug-likeness (QED) is 0.584. The molecular weight excluding hydrogens is 324 g/mol. The maximum atomic E-state index is 12.1. The first-order valence-corrected chi connectivity index (χ1v) is 9.12. The first-order valence-electron chi connectivity index (χ1n) is 9.12. The Balaban J connectivity index is 1.86. The number of fused-ring (bicyclic) bond motifs is 1. The van der Waals surface area contributed by atoms with E-state index >= 15 is 0 Å². The number of aromatic amines is 1. The molecular formula is C21H24N4O. The van der Waals surface area contributed by atoms with Gasteiger partial charge in [-0.05, 0) is 66.2 Å². The molecule has 0 atom stereocenters. The van der Waals surface area contributed by atoms with Crippen LogP contribution in [0.3, 0.4) is 0 Å². The number of piperidine rings is 1. The lowest BCUT2D eigenvalue weighted by Gasteiger charge is -2.22. The monoisotopic (exact) mass is 348 g/mol. The van der Waals surface area contributed by atoms with Gasteiger partial charge < -0.3 is 21.8 Å². The predicted octanol–water partition coefficient (Wildman–Crippen LogP) is 2.86. The SMILES string of the molecule is NCc1ccc(-c2cc(C(N)=O)c3[nH]cc(C4CCNCC4)c3c2)cc1. The fraction of sp³-hybridized carbons (Fsp3) is 0.286. The second-order valence-electron chi connectivity index (χ2n) is 6.98. The normalized spacial score (nSPS) is 15.4. The van der Waals surface area contributed by atoms with E-state index in [0.717, 1.165) is 53.5 Å². The molecule has 0 spiro atoms. The van der Waals surface area contributed by atoms with Crippen LogP contribution in [-0.2, 0) is 6.54 Å². The highest BCUT2D eigenvalue weighted by Crippen LogP contribution is 2.35. The molecule has 1 amide bonds. The van der Waals surface area contributed by atoms with Crippen LogP contribution >= 0.6 is 0 Å². The number of primary amides is 1. The van der Waals surface area contributed by atoms with E-state index in [2.05, 4.69) is 16.4 Å². The molecule has 0 saturated carbocycles. The van der Waals surface area contributed by atoms with E-state index in [1.165, 1.54) is 5.56 Å². The van der Waals surface area contributed by atoms with Crippen molar-refractivity contribution in [1.82, 2.24) is 10.3 Å². The van der Waals surface area contributed by atoms with Gasteiger partial charge in [-0.25, -0.2) is 0 Å². The summed E-state index contributed by atoms with van der Waals surface area (Å²) in [6.45, 7) is 2.57. The molecule has 1 aliphatic heterocycles. The van der Waals surface area contributed by atoms with E-state index < -0.39 is 5.91 Å². The van der Waals surface area contributed by atoms with Crippen LogP contribution in [0.25, 0.3) is 22.0 Å². The van der Waals surface area contributed by atoms with Gasteiger partial charge in [0.1, 0.15) is 0 Å². The Hall–Kier alpha value is -2.63. The van der Waals surface area contributed by atoms with Gasteiger partial charge in [0.15, 0.2) is 0 Å². The number of nitrogens with one attached hydrogen (secondary N) is 2. The summed E-state index contributed by atoms with van der Waals surface area (Å²) in [7, 11) is 0. The predicted molar refractivity (Wildman–Crippen MR) is 105 cm³/mol. The summed E-state index contributed by atoms with van der Waals surface area (Å²) >= 11 is 0. The van der Waals surface area contributed by atoms with Crippen LogP contribution in [0.2, 0.25) is 0 Å². The van der Waals surface area contributed by atoms with E-state index in [4.69, 9.17) is 11.5 Å². The maximum Gasteiger partial charge on any atom is 0.250 e. The average molecular weight is 348 g/mol. The number of hydrogen-bond acceptors (Lipinski definition) is 3. The summed E-state index contributed by atoms with van der Waals surface area (Å²) in [6, 6.07) is 12.2. The number of rotatable bonds is 4. The molecule has 3 aromatic rings. The molecule has 26 heavy (non-hydrogen) atoms. The van der Waals surface area contributed by atoms with Gasteiger partial charge in [-0.1, -0.05) is 24.3 Å². The molecule has 134 valence electrons. The molecule has 2 aromatic carbocycles. The van der Waals surface area contributed by atoms with E-state index in [0.29, 0.717) is 18.0 Å². The Morgan fingerprint density at radius 3 is 2.46 bits per heavy atom. The largest absolute Gasteiger partial charge is 0.366 e. The van der Waals surface area contributed by atoms with Crippen molar-refractivity contribution in [2.45, 2.75) is 25.3 Å². The molecule has 1 fully saturated rings. The summed E-state index contributed by atoms with van der Waals surface area (Å²) in [6.07, 6.45) is 4.26. The van der Waals surface area contributed by atoms with E-state index in [-0.39, 0.29) is 0 Å². The van der Waals surface area contributed by atoms with Crippen molar-refractivity contribution in [3.8, 4) is 11.1 Å². The summed E-state index contributed by atoms with van der Waals surface area (Å²) < 4.78 is 0. The summed E-state index contributed by atoms with van der Waals surface area (Å²) in [4.78, 5) is 15.4. The third-order valence-corrected chi connectivity index (χ3v) is 5.39. The smallest absolute Gasteiger partial charge is 0.250 e. The Kier molecular flexibility index (Phi) is 4.49. The number of aromatic nitrogens is 1. The van der Waals surface area contributed by atoms with Gasteiger partial charge in [0.2, 0.25) is 0 Å². The zero-order valence-corrected chi connectivity index (χ0v) is 14.7. The molecule has 1 aromatic heterocycles. The van der Waals surface area contributed by atoms with Crippen LogP contribution < -0.4 is 16.8 Å². The number of nitrogens with two attached hydrogens (primary N) is 2. The lowest BCUT2D eigenvalue weighted by atomic mass is 9.88. The van der Waals surface area contributed by atoms with Crippen molar-refractivity contribution in [1.29, 1.82) is 0 Å². The van der Waals surface area contributed by atoms with Gasteiger partial charge in [-0.15, -0.1) is 0 Å². The Labute approximate surface area is 152 Å². The van der Waals surface area contributed by atoms with Gasteiger partial charge in [-0.2, -0.15) is 0 Å². The lowest BCUT2D eigenvalue weighted by Crippen LogP contribution is -2.26. The molecule has 1 aliphatic rings. The number of hydrogen-bond donors (Lipinski definition) is 4. The molecule has 5 heteroatoms. The zero-order chi connectivity index (χ0) is 18.1. The van der Waals surface area contributed by atoms with Gasteiger partial charge >= 0.3 is 0 Å². The van der Waals surface area contributed by atoms with Crippen molar-refractivity contribution >= 4 is 16.8 Å². The minimum Gasteiger partial charge on any atom is -0.366 e. The van der Waals surface area contributed by atoms with Crippen LogP contribution in [0, 0.1) is 0 Å². The maximum absolute atomic E-state index is 12.1. The van der Waals surface area contributed by atoms with Crippen LogP contribution in [0.1, 0.15) is 40.2 Å². The van der Waals surface area contributed by atoms with E-state index in [9.17, 15) is 4.79 Å². The Bertz CT molecular complexity index is 937. The van der Waals surface area contributed by atoms with Crippen molar-refractivity contribution in [3.63, 3.8) is 0 Å². The van der Waals surface area contributed by atoms with Gasteiger partial charge in [0, 0.05) is 18.1 Å². The van der Waals surface area contributed by atoms with Gasteiger partial charge in [0.25, 0.3) is 5.91 Å². The number of carbonyl (C=O) groups excluding carboxylic acids is 1. The molecule has 4 rings (SSSR count). The molecule has 2 heterocycles. The molecule has 0 radical (unpaired) electrons. The highest BCUT2D eigenvalue weighted by molar-refractivity contribution is 6.07. The summed E-state index contributed by atoms with van der Waals surface area (Å²) in [5.74, 6) is 0.0923. The van der Waals surface area contributed by atoms with Crippen molar-refractivity contribution in [2.24, 2.45) is 11.5 Å². The van der Waals surface area contributed by atoms with Crippen LogP contribution in [-0.4, -0.2) is 24.0 Å². The van der Waals surface area contributed by atoms with Crippen molar-refractivity contribution in [3.05, 3.63) is 59.3 Å². The molecule has 1 saturated heterocycles. The van der Waals surface area contributed by atoms with Gasteiger partial charge in [-0.3, -0.25) is 4.79 Å². The molecule has 0 unspecified atom stereocenters. The molecule has 6 N–H and O–H groups in total. The Morgan fingerprint density at radius 1 is 1.08 bits per heavy atom. The first-order chi connectivity index (χ1) is 12.7.